The number of carbonyl (C=O) groups excluding carboxylic acids is 1. The van der Waals surface area contributed by atoms with Gasteiger partial charge in [-0.2, -0.15) is 0 Å². The molecule has 104 valence electrons. The van der Waals surface area contributed by atoms with Gasteiger partial charge >= 0.3 is 5.97 Å². The van der Waals surface area contributed by atoms with Crippen molar-refractivity contribution in [1.29, 1.82) is 0 Å². The maximum Gasteiger partial charge on any atom is 0.320 e. The first-order valence-electron chi connectivity index (χ1n) is 6.80. The SMILES string of the molecule is CC(C)OC(=O)CN1CCCC(C2OCCO2)C1. The van der Waals surface area contributed by atoms with Crippen LogP contribution in [0.1, 0.15) is 26.7 Å². The van der Waals surface area contributed by atoms with E-state index in [0.29, 0.717) is 25.7 Å². The summed E-state index contributed by atoms with van der Waals surface area (Å²) in [5.74, 6) is 0.243. The van der Waals surface area contributed by atoms with Crippen LogP contribution < -0.4 is 0 Å². The first-order valence-corrected chi connectivity index (χ1v) is 6.80. The van der Waals surface area contributed by atoms with Crippen LogP contribution in [0.3, 0.4) is 0 Å². The molecule has 0 spiro atoms. The topological polar surface area (TPSA) is 48.0 Å². The van der Waals surface area contributed by atoms with Gasteiger partial charge in [-0.05, 0) is 33.2 Å². The lowest BCUT2D eigenvalue weighted by atomic mass is 9.97. The molecule has 2 heterocycles. The monoisotopic (exact) mass is 257 g/mol. The third-order valence-electron chi connectivity index (χ3n) is 3.29. The second-order valence-electron chi connectivity index (χ2n) is 5.29. The van der Waals surface area contributed by atoms with Gasteiger partial charge in [0, 0.05) is 12.5 Å². The van der Waals surface area contributed by atoms with Crippen LogP contribution in [0.4, 0.5) is 0 Å². The summed E-state index contributed by atoms with van der Waals surface area (Å²) >= 11 is 0. The lowest BCUT2D eigenvalue weighted by molar-refractivity contribution is -0.150. The highest BCUT2D eigenvalue weighted by Gasteiger charge is 2.31. The first-order chi connectivity index (χ1) is 8.65. The van der Waals surface area contributed by atoms with Gasteiger partial charge in [0.2, 0.25) is 0 Å². The average Bonchev–Trinajstić information content (AvgIpc) is 2.81. The van der Waals surface area contributed by atoms with Crippen LogP contribution in [0.5, 0.6) is 0 Å². The second kappa shape index (κ2) is 6.50. The Bertz CT molecular complexity index is 276. The number of rotatable bonds is 4. The Morgan fingerprint density at radius 1 is 1.39 bits per heavy atom. The van der Waals surface area contributed by atoms with Crippen molar-refractivity contribution in [2.24, 2.45) is 5.92 Å². The molecule has 0 amide bonds. The van der Waals surface area contributed by atoms with Crippen molar-refractivity contribution in [1.82, 2.24) is 4.90 Å². The third kappa shape index (κ3) is 3.93. The van der Waals surface area contributed by atoms with Crippen molar-refractivity contribution >= 4 is 5.97 Å². The van der Waals surface area contributed by atoms with E-state index in [0.717, 1.165) is 25.9 Å². The molecule has 0 aromatic heterocycles. The summed E-state index contributed by atoms with van der Waals surface area (Å²) in [6, 6.07) is 0. The Kier molecular flexibility index (Phi) is 4.97. The standard InChI is InChI=1S/C13H23NO4/c1-10(2)18-12(15)9-14-5-3-4-11(8-14)13-16-6-7-17-13/h10-11,13H,3-9H2,1-2H3. The van der Waals surface area contributed by atoms with Crippen LogP contribution in [-0.2, 0) is 19.0 Å². The molecule has 0 aliphatic carbocycles. The molecule has 2 aliphatic heterocycles. The minimum atomic E-state index is -0.140. The van der Waals surface area contributed by atoms with Crippen molar-refractivity contribution in [3.05, 3.63) is 0 Å². The van der Waals surface area contributed by atoms with Gasteiger partial charge < -0.3 is 14.2 Å². The summed E-state index contributed by atoms with van der Waals surface area (Å²) < 4.78 is 16.3. The van der Waals surface area contributed by atoms with Crippen molar-refractivity contribution in [3.63, 3.8) is 0 Å². The zero-order chi connectivity index (χ0) is 13.0. The smallest absolute Gasteiger partial charge is 0.320 e. The fourth-order valence-electron chi connectivity index (χ4n) is 2.59. The van der Waals surface area contributed by atoms with Gasteiger partial charge in [-0.15, -0.1) is 0 Å². The molecule has 0 aromatic carbocycles. The fraction of sp³-hybridized carbons (Fsp3) is 0.923. The number of nitrogens with zero attached hydrogens (tertiary/aromatic N) is 1. The number of piperidine rings is 1. The van der Waals surface area contributed by atoms with Crippen LogP contribution in [0.25, 0.3) is 0 Å². The predicted molar refractivity (Wildman–Crippen MR) is 66.1 cm³/mol. The highest BCUT2D eigenvalue weighted by molar-refractivity contribution is 5.71. The largest absolute Gasteiger partial charge is 0.462 e. The van der Waals surface area contributed by atoms with E-state index in [1.54, 1.807) is 0 Å². The van der Waals surface area contributed by atoms with Crippen molar-refractivity contribution in [3.8, 4) is 0 Å². The van der Waals surface area contributed by atoms with Gasteiger partial charge in [-0.25, -0.2) is 0 Å². The Balaban J connectivity index is 1.77. The van der Waals surface area contributed by atoms with Crippen LogP contribution in [0, 0.1) is 5.92 Å². The summed E-state index contributed by atoms with van der Waals surface area (Å²) in [5.41, 5.74) is 0. The molecule has 2 saturated heterocycles. The van der Waals surface area contributed by atoms with Crippen LogP contribution in [0.15, 0.2) is 0 Å². The van der Waals surface area contributed by atoms with E-state index < -0.39 is 0 Å². The third-order valence-corrected chi connectivity index (χ3v) is 3.29. The molecule has 0 N–H and O–H groups in total. The molecule has 2 rings (SSSR count). The molecule has 18 heavy (non-hydrogen) atoms. The first kappa shape index (κ1) is 13.8. The Morgan fingerprint density at radius 2 is 2.11 bits per heavy atom. The van der Waals surface area contributed by atoms with Crippen molar-refractivity contribution in [2.75, 3.05) is 32.8 Å². The van der Waals surface area contributed by atoms with Gasteiger partial charge in [0.25, 0.3) is 0 Å². The number of carbonyl (C=O) groups is 1. The van der Waals surface area contributed by atoms with Gasteiger partial charge in [0.15, 0.2) is 6.29 Å². The molecule has 1 atom stereocenters. The summed E-state index contributed by atoms with van der Waals surface area (Å²) in [6.07, 6.45) is 2.08. The summed E-state index contributed by atoms with van der Waals surface area (Å²) in [7, 11) is 0. The highest BCUT2D eigenvalue weighted by atomic mass is 16.7. The molecular formula is C13H23NO4. The second-order valence-corrected chi connectivity index (χ2v) is 5.29. The zero-order valence-corrected chi connectivity index (χ0v) is 11.3. The van der Waals surface area contributed by atoms with Crippen LogP contribution >= 0.6 is 0 Å². The lowest BCUT2D eigenvalue weighted by Gasteiger charge is -2.34. The van der Waals surface area contributed by atoms with E-state index in [1.165, 1.54) is 0 Å². The van der Waals surface area contributed by atoms with Crippen molar-refractivity contribution in [2.45, 2.75) is 39.1 Å². The number of hydrogen-bond acceptors (Lipinski definition) is 5. The van der Waals surface area contributed by atoms with Crippen LogP contribution in [0.2, 0.25) is 0 Å². The van der Waals surface area contributed by atoms with Crippen molar-refractivity contribution < 1.29 is 19.0 Å². The van der Waals surface area contributed by atoms with Gasteiger partial charge in [-0.3, -0.25) is 9.69 Å². The molecule has 0 bridgehead atoms. The average molecular weight is 257 g/mol. The number of hydrogen-bond donors (Lipinski definition) is 0. The summed E-state index contributed by atoms with van der Waals surface area (Å²) in [6.45, 7) is 7.32. The molecule has 0 radical (unpaired) electrons. The van der Waals surface area contributed by atoms with E-state index in [1.807, 2.05) is 13.8 Å². The number of likely N-dealkylation sites (tertiary alicyclic amines) is 1. The van der Waals surface area contributed by atoms with E-state index in [-0.39, 0.29) is 18.4 Å². The van der Waals surface area contributed by atoms with Gasteiger partial charge in [0.05, 0.1) is 25.9 Å². The summed E-state index contributed by atoms with van der Waals surface area (Å²) in [4.78, 5) is 13.8. The van der Waals surface area contributed by atoms with E-state index in [2.05, 4.69) is 4.90 Å². The highest BCUT2D eigenvalue weighted by Crippen LogP contribution is 2.24. The van der Waals surface area contributed by atoms with Gasteiger partial charge in [-0.1, -0.05) is 0 Å². The Hall–Kier alpha value is -0.650. The van der Waals surface area contributed by atoms with Gasteiger partial charge in [0.1, 0.15) is 0 Å². The minimum Gasteiger partial charge on any atom is -0.462 e. The molecule has 2 fully saturated rings. The zero-order valence-electron chi connectivity index (χ0n) is 11.3. The summed E-state index contributed by atoms with van der Waals surface area (Å²) in [5, 5.41) is 0. The number of esters is 1. The molecule has 0 saturated carbocycles. The molecule has 1 unspecified atom stereocenters. The Labute approximate surface area is 108 Å². The minimum absolute atomic E-state index is 0.0420. The molecule has 0 aromatic rings. The maximum absolute atomic E-state index is 11.6. The Morgan fingerprint density at radius 3 is 2.78 bits per heavy atom. The molecular weight excluding hydrogens is 234 g/mol. The lowest BCUT2D eigenvalue weighted by Crippen LogP contribution is -2.43. The maximum atomic E-state index is 11.6. The van der Waals surface area contributed by atoms with Crippen LogP contribution in [-0.4, -0.2) is 56.1 Å². The quantitative estimate of drug-likeness (QED) is 0.704. The van der Waals surface area contributed by atoms with E-state index in [4.69, 9.17) is 14.2 Å². The normalized spacial score (nSPS) is 26.7. The predicted octanol–water partition coefficient (Wildman–Crippen LogP) is 1.02. The molecule has 2 aliphatic rings. The van der Waals surface area contributed by atoms with E-state index >= 15 is 0 Å². The van der Waals surface area contributed by atoms with E-state index in [9.17, 15) is 4.79 Å². The molecule has 5 nitrogen and oxygen atoms in total. The molecule has 5 heteroatoms. The number of ether oxygens (including phenoxy) is 3. The fourth-order valence-corrected chi connectivity index (χ4v) is 2.59.